The van der Waals surface area contributed by atoms with Crippen LogP contribution >= 0.6 is 22.6 Å². The molecule has 2 nitrogen and oxygen atoms in total. The molecule has 0 aromatic rings. The maximum absolute atomic E-state index is 12.2. The monoisotopic (exact) mass is 339 g/mol. The van der Waals surface area contributed by atoms with Crippen LogP contribution in [-0.2, 0) is 4.79 Å². The number of carbonyl (C=O) groups excluding carboxylic acids is 1. The summed E-state index contributed by atoms with van der Waals surface area (Å²) in [5.41, 5.74) is 0.0606. The van der Waals surface area contributed by atoms with Crippen LogP contribution in [0.3, 0.4) is 0 Å². The summed E-state index contributed by atoms with van der Waals surface area (Å²) in [5.74, 6) is 0.148. The summed E-state index contributed by atoms with van der Waals surface area (Å²) in [4.78, 5) is 12.2. The van der Waals surface area contributed by atoms with Gasteiger partial charge in [-0.15, -0.1) is 0 Å². The second kappa shape index (κ2) is 5.23. The van der Waals surface area contributed by atoms with E-state index < -0.39 is 0 Å². The second-order valence-electron chi connectivity index (χ2n) is 6.63. The Morgan fingerprint density at radius 2 is 1.56 bits per heavy atom. The van der Waals surface area contributed by atoms with Crippen molar-refractivity contribution in [3.8, 4) is 0 Å². The van der Waals surface area contributed by atoms with Gasteiger partial charge < -0.3 is 5.32 Å². The average molecular weight is 339 g/mol. The van der Waals surface area contributed by atoms with Crippen molar-refractivity contribution in [3.05, 3.63) is 0 Å². The predicted molar refractivity (Wildman–Crippen MR) is 79.0 cm³/mol. The molecule has 0 radical (unpaired) electrons. The van der Waals surface area contributed by atoms with Crippen LogP contribution in [0.5, 0.6) is 0 Å². The third kappa shape index (κ3) is 6.06. The van der Waals surface area contributed by atoms with Gasteiger partial charge in [0.15, 0.2) is 0 Å². The molecule has 0 aromatic heterocycles. The van der Waals surface area contributed by atoms with Gasteiger partial charge in [-0.05, 0) is 39.0 Å². The number of amides is 1. The molecule has 0 aliphatic rings. The van der Waals surface area contributed by atoms with Gasteiger partial charge in [0, 0.05) is 5.54 Å². The summed E-state index contributed by atoms with van der Waals surface area (Å²) in [5, 5.41) is 3.12. The predicted octanol–water partition coefficient (Wildman–Crippen LogP) is 3.92. The van der Waals surface area contributed by atoms with Crippen LogP contribution in [0.2, 0.25) is 0 Å². The Morgan fingerprint density at radius 3 is 1.88 bits per heavy atom. The van der Waals surface area contributed by atoms with E-state index in [1.807, 2.05) is 6.92 Å². The molecule has 0 aromatic carbocycles. The van der Waals surface area contributed by atoms with Gasteiger partial charge in [-0.25, -0.2) is 0 Å². The minimum Gasteiger partial charge on any atom is -0.350 e. The normalized spacial score (nSPS) is 16.8. The molecule has 0 bridgehead atoms. The first-order chi connectivity index (χ1) is 6.90. The molecule has 0 saturated carbocycles. The highest BCUT2D eigenvalue weighted by Gasteiger charge is 2.36. The van der Waals surface area contributed by atoms with Crippen LogP contribution in [0.25, 0.3) is 0 Å². The van der Waals surface area contributed by atoms with Gasteiger partial charge in [0.05, 0.1) is 3.42 Å². The molecular formula is C13H26INO. The Balaban J connectivity index is 4.60. The lowest BCUT2D eigenvalue weighted by Gasteiger charge is -2.34. The van der Waals surface area contributed by atoms with Gasteiger partial charge in [0.1, 0.15) is 0 Å². The zero-order chi connectivity index (χ0) is 13.2. The standard InChI is InChI=1S/C13H26INO/c1-8-12(5,6)15-10(16)13(7,14)9-11(2,3)4/h8-9H2,1-7H3,(H,15,16). The van der Waals surface area contributed by atoms with Gasteiger partial charge in [-0.1, -0.05) is 50.3 Å². The Morgan fingerprint density at radius 1 is 1.12 bits per heavy atom. The van der Waals surface area contributed by atoms with E-state index >= 15 is 0 Å². The van der Waals surface area contributed by atoms with Crippen LogP contribution < -0.4 is 5.32 Å². The highest BCUT2D eigenvalue weighted by atomic mass is 127. The van der Waals surface area contributed by atoms with Gasteiger partial charge in [0.25, 0.3) is 0 Å². The minimum absolute atomic E-state index is 0.110. The number of hydrogen-bond acceptors (Lipinski definition) is 1. The number of halogens is 1. The molecule has 0 aliphatic carbocycles. The molecule has 3 heteroatoms. The fraction of sp³-hybridized carbons (Fsp3) is 0.923. The van der Waals surface area contributed by atoms with Crippen LogP contribution in [-0.4, -0.2) is 14.9 Å². The smallest absolute Gasteiger partial charge is 0.236 e. The van der Waals surface area contributed by atoms with E-state index in [0.717, 1.165) is 12.8 Å². The van der Waals surface area contributed by atoms with E-state index in [-0.39, 0.29) is 20.3 Å². The van der Waals surface area contributed by atoms with Crippen LogP contribution in [0, 0.1) is 5.41 Å². The molecule has 1 amide bonds. The summed E-state index contributed by atoms with van der Waals surface area (Å²) >= 11 is 2.27. The van der Waals surface area contributed by atoms with Crippen molar-refractivity contribution in [2.24, 2.45) is 5.41 Å². The molecule has 1 atom stereocenters. The Kier molecular flexibility index (Phi) is 5.30. The zero-order valence-electron chi connectivity index (χ0n) is 11.7. The van der Waals surface area contributed by atoms with E-state index in [1.165, 1.54) is 0 Å². The Labute approximate surface area is 114 Å². The highest BCUT2D eigenvalue weighted by molar-refractivity contribution is 14.1. The van der Waals surface area contributed by atoms with Crippen molar-refractivity contribution in [2.75, 3.05) is 0 Å². The van der Waals surface area contributed by atoms with Crippen molar-refractivity contribution in [3.63, 3.8) is 0 Å². The number of alkyl halides is 1. The largest absolute Gasteiger partial charge is 0.350 e. The van der Waals surface area contributed by atoms with Gasteiger partial charge in [0.2, 0.25) is 5.91 Å². The van der Waals surface area contributed by atoms with Crippen molar-refractivity contribution in [1.82, 2.24) is 5.32 Å². The second-order valence-corrected chi connectivity index (χ2v) is 9.01. The third-order valence-electron chi connectivity index (χ3n) is 2.67. The average Bonchev–Trinajstić information content (AvgIpc) is 1.99. The highest BCUT2D eigenvalue weighted by Crippen LogP contribution is 2.34. The van der Waals surface area contributed by atoms with E-state index in [9.17, 15) is 4.79 Å². The molecule has 0 spiro atoms. The fourth-order valence-corrected chi connectivity index (χ4v) is 2.88. The van der Waals surface area contributed by atoms with Gasteiger partial charge >= 0.3 is 0 Å². The summed E-state index contributed by atoms with van der Waals surface area (Å²) < 4.78 is -0.331. The number of nitrogens with one attached hydrogen (secondary N) is 1. The van der Waals surface area contributed by atoms with Crippen molar-refractivity contribution in [1.29, 1.82) is 0 Å². The van der Waals surface area contributed by atoms with E-state index in [0.29, 0.717) is 0 Å². The number of hydrogen-bond donors (Lipinski definition) is 1. The van der Waals surface area contributed by atoms with Crippen molar-refractivity contribution < 1.29 is 4.79 Å². The van der Waals surface area contributed by atoms with E-state index in [1.54, 1.807) is 0 Å². The molecule has 0 heterocycles. The van der Waals surface area contributed by atoms with Crippen LogP contribution in [0.1, 0.15) is 61.3 Å². The number of rotatable bonds is 4. The molecule has 1 unspecified atom stereocenters. The zero-order valence-corrected chi connectivity index (χ0v) is 13.9. The quantitative estimate of drug-likeness (QED) is 0.610. The summed E-state index contributed by atoms with van der Waals surface area (Å²) in [6, 6.07) is 0. The molecular weight excluding hydrogens is 313 g/mol. The molecule has 0 saturated heterocycles. The van der Waals surface area contributed by atoms with Gasteiger partial charge in [-0.3, -0.25) is 4.79 Å². The van der Waals surface area contributed by atoms with E-state index in [2.05, 4.69) is 69.5 Å². The van der Waals surface area contributed by atoms with Crippen LogP contribution in [0.15, 0.2) is 0 Å². The first kappa shape index (κ1) is 16.2. The molecule has 0 aliphatic heterocycles. The fourth-order valence-electron chi connectivity index (χ4n) is 1.60. The lowest BCUT2D eigenvalue weighted by Crippen LogP contribution is -2.51. The van der Waals surface area contributed by atoms with Crippen molar-refractivity contribution >= 4 is 28.5 Å². The SMILES string of the molecule is CCC(C)(C)NC(=O)C(C)(I)CC(C)(C)C. The van der Waals surface area contributed by atoms with Crippen LogP contribution in [0.4, 0.5) is 0 Å². The molecule has 1 N–H and O–H groups in total. The van der Waals surface area contributed by atoms with E-state index in [4.69, 9.17) is 0 Å². The lowest BCUT2D eigenvalue weighted by molar-refractivity contribution is -0.124. The Hall–Kier alpha value is 0.200. The maximum Gasteiger partial charge on any atom is 0.236 e. The van der Waals surface area contributed by atoms with Gasteiger partial charge in [-0.2, -0.15) is 0 Å². The molecule has 0 fully saturated rings. The number of carbonyl (C=O) groups is 1. The third-order valence-corrected chi connectivity index (χ3v) is 3.54. The Bertz CT molecular complexity index is 251. The summed E-state index contributed by atoms with van der Waals surface area (Å²) in [7, 11) is 0. The summed E-state index contributed by atoms with van der Waals surface area (Å²) in [6.45, 7) is 14.7. The molecule has 0 rings (SSSR count). The van der Waals surface area contributed by atoms with Crippen molar-refractivity contribution in [2.45, 2.75) is 70.3 Å². The topological polar surface area (TPSA) is 29.1 Å². The molecule has 16 heavy (non-hydrogen) atoms. The molecule has 96 valence electrons. The maximum atomic E-state index is 12.2. The minimum atomic E-state index is -0.331. The first-order valence-corrected chi connectivity index (χ1v) is 6.99. The summed E-state index contributed by atoms with van der Waals surface area (Å²) in [6.07, 6.45) is 1.83. The lowest BCUT2D eigenvalue weighted by atomic mass is 9.84. The first-order valence-electron chi connectivity index (χ1n) is 5.91.